The molecular formula is C50H50N4O14. The molecule has 0 bridgehead atoms. The van der Waals surface area contributed by atoms with Crippen LogP contribution in [0.15, 0.2) is 58.1 Å². The third-order valence-corrected chi connectivity index (χ3v) is 14.5. The Balaban J connectivity index is 0.989. The molecule has 12 N–H and O–H groups in total. The molecule has 2 saturated carbocycles. The van der Waals surface area contributed by atoms with Crippen LogP contribution in [0.2, 0.25) is 0 Å². The zero-order valence-electron chi connectivity index (χ0n) is 37.5. The SMILES string of the molecule is CN(C)[C@H]1C(=O)C(C(N)=O)=C(O)[C@]2(O)C(=O)C3=C(O)c4c(O)ccc(C#CCCCCC#Cc5ccc(O)c6c5C[C@@H]5C[C@@H]7[C@@H](N(C)C)C(=O)C(C(N)=O)=C(O)[C@]7(O)C(=O)C5=C6O)c4C[C@@H]3C[C@H]12. The van der Waals surface area contributed by atoms with Crippen molar-refractivity contribution >= 4 is 46.5 Å². The zero-order chi connectivity index (χ0) is 49.6. The molecule has 8 rings (SSSR count). The van der Waals surface area contributed by atoms with Crippen LogP contribution in [0.4, 0.5) is 0 Å². The van der Waals surface area contributed by atoms with Crippen LogP contribution < -0.4 is 11.5 Å². The third-order valence-electron chi connectivity index (χ3n) is 14.5. The number of Topliss-reactive ketones (excluding diaryl/α,β-unsaturated/α-hetero) is 4. The van der Waals surface area contributed by atoms with E-state index in [4.69, 9.17) is 11.5 Å². The summed E-state index contributed by atoms with van der Waals surface area (Å²) in [5.74, 6) is -2.32. The van der Waals surface area contributed by atoms with Crippen LogP contribution in [-0.4, -0.2) is 137 Å². The molecule has 2 aromatic carbocycles. The van der Waals surface area contributed by atoms with Crippen LogP contribution in [0.3, 0.4) is 0 Å². The number of fused-ring (bicyclic) bond motifs is 6. The Labute approximate surface area is 389 Å². The Morgan fingerprint density at radius 3 is 1.29 bits per heavy atom. The molecule has 6 aliphatic carbocycles. The molecule has 0 radical (unpaired) electrons. The molecule has 0 aliphatic heterocycles. The van der Waals surface area contributed by atoms with Crippen molar-refractivity contribution in [2.75, 3.05) is 28.2 Å². The first-order valence-corrected chi connectivity index (χ1v) is 22.0. The van der Waals surface area contributed by atoms with Gasteiger partial charge >= 0.3 is 0 Å². The van der Waals surface area contributed by atoms with Gasteiger partial charge < -0.3 is 52.3 Å². The van der Waals surface area contributed by atoms with Crippen molar-refractivity contribution in [1.82, 2.24) is 9.80 Å². The number of nitrogens with two attached hydrogens (primary N) is 2. The molecule has 0 unspecified atom stereocenters. The van der Waals surface area contributed by atoms with E-state index in [-0.39, 0.29) is 59.5 Å². The van der Waals surface area contributed by atoms with Crippen LogP contribution in [0.25, 0.3) is 11.5 Å². The smallest absolute Gasteiger partial charge is 0.255 e. The van der Waals surface area contributed by atoms with Crippen molar-refractivity contribution in [3.8, 4) is 35.2 Å². The maximum absolute atomic E-state index is 14.1. The highest BCUT2D eigenvalue weighted by atomic mass is 16.4. The number of likely N-dealkylation sites (N-methyl/N-ethyl adjacent to an activating group) is 2. The summed E-state index contributed by atoms with van der Waals surface area (Å²) in [7, 11) is 6.10. The summed E-state index contributed by atoms with van der Waals surface area (Å²) >= 11 is 0. The van der Waals surface area contributed by atoms with Gasteiger partial charge in [-0.05, 0) is 114 Å². The highest BCUT2D eigenvalue weighted by Crippen LogP contribution is 2.55. The second-order valence-corrected chi connectivity index (χ2v) is 18.7. The summed E-state index contributed by atoms with van der Waals surface area (Å²) in [6.07, 6.45) is 2.12. The minimum absolute atomic E-state index is 0.0603. The number of phenols is 2. The number of ketones is 4. The summed E-state index contributed by atoms with van der Waals surface area (Å²) < 4.78 is 0. The highest BCUT2D eigenvalue weighted by Gasteiger charge is 2.66. The van der Waals surface area contributed by atoms with Gasteiger partial charge in [-0.25, -0.2) is 0 Å². The predicted octanol–water partition coefficient (Wildman–Crippen LogP) is 1.21. The van der Waals surface area contributed by atoms with Crippen molar-refractivity contribution in [3.05, 3.63) is 91.5 Å². The molecule has 354 valence electrons. The monoisotopic (exact) mass is 930 g/mol. The number of unbranched alkanes of at least 4 members (excludes halogenated alkanes) is 3. The molecule has 8 atom stereocenters. The molecular weight excluding hydrogens is 881 g/mol. The molecule has 2 aromatic rings. The van der Waals surface area contributed by atoms with Gasteiger partial charge in [-0.3, -0.25) is 38.6 Å². The fourth-order valence-corrected chi connectivity index (χ4v) is 11.5. The van der Waals surface area contributed by atoms with Gasteiger partial charge in [0.25, 0.3) is 11.8 Å². The molecule has 2 fully saturated rings. The lowest BCUT2D eigenvalue weighted by Gasteiger charge is -2.50. The minimum Gasteiger partial charge on any atom is -0.508 e. The molecule has 6 aliphatic rings. The first-order valence-electron chi connectivity index (χ1n) is 22.0. The largest absolute Gasteiger partial charge is 0.508 e. The summed E-state index contributed by atoms with van der Waals surface area (Å²) in [4.78, 5) is 82.4. The van der Waals surface area contributed by atoms with Crippen LogP contribution in [0.5, 0.6) is 11.5 Å². The minimum atomic E-state index is -2.75. The summed E-state index contributed by atoms with van der Waals surface area (Å²) in [5, 5.41) is 90.7. The number of amides is 2. The van der Waals surface area contributed by atoms with E-state index in [0.717, 1.165) is 0 Å². The first kappa shape index (κ1) is 47.3. The normalized spacial score (nSPS) is 28.5. The molecule has 0 heterocycles. The van der Waals surface area contributed by atoms with Gasteiger partial charge in [-0.2, -0.15) is 0 Å². The molecule has 68 heavy (non-hydrogen) atoms. The lowest BCUT2D eigenvalue weighted by Crippen LogP contribution is -2.65. The predicted molar refractivity (Wildman–Crippen MR) is 241 cm³/mol. The number of phenolic OH excluding ortho intramolecular Hbond substituents is 2. The number of carbonyl (C=O) groups is 6. The van der Waals surface area contributed by atoms with Crippen molar-refractivity contribution < 1.29 is 69.6 Å². The van der Waals surface area contributed by atoms with Crippen LogP contribution in [0.1, 0.15) is 71.9 Å². The van der Waals surface area contributed by atoms with Gasteiger partial charge in [0.05, 0.1) is 23.2 Å². The van der Waals surface area contributed by atoms with E-state index in [1.807, 2.05) is 0 Å². The highest BCUT2D eigenvalue weighted by molar-refractivity contribution is 6.25. The Bertz CT molecular complexity index is 2760. The van der Waals surface area contributed by atoms with Gasteiger partial charge in [0, 0.05) is 47.0 Å². The lowest BCUT2D eigenvalue weighted by atomic mass is 9.57. The van der Waals surface area contributed by atoms with E-state index < -0.39 is 116 Å². The Morgan fingerprint density at radius 1 is 0.618 bits per heavy atom. The van der Waals surface area contributed by atoms with Crippen molar-refractivity contribution in [2.24, 2.45) is 35.1 Å². The summed E-state index contributed by atoms with van der Waals surface area (Å²) in [6.45, 7) is 0. The van der Waals surface area contributed by atoms with Gasteiger partial charge in [-0.15, -0.1) is 0 Å². The van der Waals surface area contributed by atoms with E-state index in [1.165, 1.54) is 50.1 Å². The fourth-order valence-electron chi connectivity index (χ4n) is 11.5. The van der Waals surface area contributed by atoms with E-state index in [2.05, 4.69) is 23.7 Å². The van der Waals surface area contributed by atoms with Crippen LogP contribution in [0, 0.1) is 47.4 Å². The average Bonchev–Trinajstić information content (AvgIpc) is 3.25. The number of aromatic hydroxyl groups is 2. The standard InChI is InChI=1S/C50H50N4O14/c1-53(2)37-27-19-23-17-25-21(13-15-29(55)33(25)39(57)31(23)43(61)49(27,67)45(63)35(41(37)59)47(51)65)11-9-7-5-6-8-10-12-22-14-16-30(56)34-26(22)18-24-20-28-38(54(3)4)42(60)36(48(52)66)46(64)50(28,68)44(62)32(24)40(34)58/h13-16,23-24,27-28,37-38,55-58,63-64,67-68H,5-8,17-20H2,1-4H3,(H2,51,65)(H2,52,66)/t23-,24-,27-,28-,37-,38-,49-,50-/m1/s1. The number of benzene rings is 2. The molecule has 2 amide bonds. The van der Waals surface area contributed by atoms with Crippen molar-refractivity contribution in [3.63, 3.8) is 0 Å². The number of aliphatic hydroxyl groups is 6. The second-order valence-electron chi connectivity index (χ2n) is 18.7. The van der Waals surface area contributed by atoms with E-state index >= 15 is 0 Å². The summed E-state index contributed by atoms with van der Waals surface area (Å²) in [5.41, 5.74) is 4.72. The Kier molecular flexibility index (Phi) is 11.7. The molecule has 18 nitrogen and oxygen atoms in total. The first-order chi connectivity index (χ1) is 32.0. The number of aliphatic hydroxyl groups excluding tert-OH is 4. The molecule has 0 saturated heterocycles. The molecule has 0 spiro atoms. The Morgan fingerprint density at radius 2 is 0.971 bits per heavy atom. The maximum Gasteiger partial charge on any atom is 0.255 e. The fraction of sp³-hybridized carbons (Fsp3) is 0.400. The Hall–Kier alpha value is -7.22. The number of primary amides is 2. The maximum atomic E-state index is 14.1. The van der Waals surface area contributed by atoms with Crippen LogP contribution in [-0.2, 0) is 41.6 Å². The van der Waals surface area contributed by atoms with Gasteiger partial charge in [0.15, 0.2) is 22.8 Å². The number of nitrogens with zero attached hydrogens (tertiary/aromatic N) is 2. The van der Waals surface area contributed by atoms with E-state index in [0.29, 0.717) is 47.9 Å². The van der Waals surface area contributed by atoms with E-state index in [1.54, 1.807) is 12.1 Å². The van der Waals surface area contributed by atoms with Gasteiger partial charge in [0.2, 0.25) is 11.6 Å². The van der Waals surface area contributed by atoms with Crippen molar-refractivity contribution in [2.45, 2.75) is 74.7 Å². The quantitative estimate of drug-likeness (QED) is 0.106. The number of hydrogen-bond acceptors (Lipinski definition) is 16. The summed E-state index contributed by atoms with van der Waals surface area (Å²) in [6, 6.07) is 3.37. The van der Waals surface area contributed by atoms with Gasteiger partial charge in [-0.1, -0.05) is 23.7 Å². The molecule has 0 aromatic heterocycles. The average molecular weight is 931 g/mol. The molecule has 18 heteroatoms. The number of carbonyl (C=O) groups excluding carboxylic acids is 6. The second kappa shape index (κ2) is 16.8. The lowest BCUT2D eigenvalue weighted by molar-refractivity contribution is -0.155. The zero-order valence-corrected chi connectivity index (χ0v) is 37.5. The third kappa shape index (κ3) is 6.81. The number of rotatable bonds is 7. The number of hydrogen-bond donors (Lipinski definition) is 10. The van der Waals surface area contributed by atoms with E-state index in [9.17, 15) is 69.6 Å². The van der Waals surface area contributed by atoms with Crippen LogP contribution >= 0.6 is 0 Å². The van der Waals surface area contributed by atoms with Gasteiger partial charge in [0.1, 0.15) is 45.7 Å². The topological polar surface area (TPSA) is 323 Å². The van der Waals surface area contributed by atoms with Crippen molar-refractivity contribution in [1.29, 1.82) is 0 Å².